The van der Waals surface area contributed by atoms with Crippen molar-refractivity contribution in [2.45, 2.75) is 29.9 Å². The van der Waals surface area contributed by atoms with Crippen molar-refractivity contribution in [1.29, 1.82) is 0 Å². The summed E-state index contributed by atoms with van der Waals surface area (Å²) in [7, 11) is 1.64. The SMILES string of the molecule is COc1cc(C2SCCS2)ccc1OCC(=O)NC1CCCc2ccccc21. The molecule has 0 radical (unpaired) electrons. The number of thioether (sulfide) groups is 2. The van der Waals surface area contributed by atoms with Crippen LogP contribution < -0.4 is 14.8 Å². The van der Waals surface area contributed by atoms with Crippen molar-refractivity contribution in [2.75, 3.05) is 25.2 Å². The molecule has 2 aromatic carbocycles. The number of hydrogen-bond acceptors (Lipinski definition) is 5. The molecule has 28 heavy (non-hydrogen) atoms. The molecule has 1 aliphatic carbocycles. The number of methoxy groups -OCH3 is 1. The second-order valence-corrected chi connectivity index (χ2v) is 9.71. The molecule has 2 aromatic rings. The molecule has 1 saturated heterocycles. The van der Waals surface area contributed by atoms with Gasteiger partial charge in [0.05, 0.1) is 17.7 Å². The largest absolute Gasteiger partial charge is 0.493 e. The summed E-state index contributed by atoms with van der Waals surface area (Å²) >= 11 is 3.91. The summed E-state index contributed by atoms with van der Waals surface area (Å²) in [5, 5.41) is 3.13. The Kier molecular flexibility index (Phi) is 6.37. The quantitative estimate of drug-likeness (QED) is 0.738. The molecule has 2 aliphatic rings. The van der Waals surface area contributed by atoms with Crippen LogP contribution in [0.2, 0.25) is 0 Å². The van der Waals surface area contributed by atoms with Crippen LogP contribution in [0.3, 0.4) is 0 Å². The van der Waals surface area contributed by atoms with E-state index in [4.69, 9.17) is 9.47 Å². The number of benzene rings is 2. The van der Waals surface area contributed by atoms with E-state index in [0.29, 0.717) is 16.1 Å². The molecule has 0 spiro atoms. The van der Waals surface area contributed by atoms with Crippen LogP contribution in [-0.4, -0.2) is 31.1 Å². The summed E-state index contributed by atoms with van der Waals surface area (Å²) in [4.78, 5) is 12.5. The minimum absolute atomic E-state index is 0.0126. The first-order valence-electron chi connectivity index (χ1n) is 9.65. The van der Waals surface area contributed by atoms with E-state index in [1.165, 1.54) is 28.2 Å². The first-order valence-corrected chi connectivity index (χ1v) is 11.8. The Balaban J connectivity index is 1.37. The Morgan fingerprint density at radius 1 is 1.14 bits per heavy atom. The number of amides is 1. The van der Waals surface area contributed by atoms with Gasteiger partial charge in [-0.3, -0.25) is 4.79 Å². The van der Waals surface area contributed by atoms with E-state index in [-0.39, 0.29) is 18.6 Å². The molecule has 148 valence electrons. The molecule has 1 amide bonds. The van der Waals surface area contributed by atoms with E-state index in [2.05, 4.69) is 29.6 Å². The maximum absolute atomic E-state index is 12.5. The average Bonchev–Trinajstić information content (AvgIpc) is 3.27. The molecule has 1 heterocycles. The van der Waals surface area contributed by atoms with Crippen molar-refractivity contribution in [3.8, 4) is 11.5 Å². The number of hydrogen-bond donors (Lipinski definition) is 1. The lowest BCUT2D eigenvalue weighted by atomic mass is 9.88. The van der Waals surface area contributed by atoms with Crippen LogP contribution in [0.4, 0.5) is 0 Å². The number of carbonyl (C=O) groups excluding carboxylic acids is 1. The molecule has 1 unspecified atom stereocenters. The van der Waals surface area contributed by atoms with Gasteiger partial charge in [0.1, 0.15) is 0 Å². The predicted octanol–water partition coefficient (Wildman–Crippen LogP) is 4.75. The van der Waals surface area contributed by atoms with Gasteiger partial charge in [0.25, 0.3) is 5.91 Å². The first kappa shape index (κ1) is 19.5. The van der Waals surface area contributed by atoms with E-state index in [9.17, 15) is 4.79 Å². The van der Waals surface area contributed by atoms with Crippen molar-refractivity contribution in [3.05, 3.63) is 59.2 Å². The van der Waals surface area contributed by atoms with Gasteiger partial charge in [-0.05, 0) is 48.1 Å². The van der Waals surface area contributed by atoms with Crippen molar-refractivity contribution in [1.82, 2.24) is 5.32 Å². The molecule has 1 atom stereocenters. The lowest BCUT2D eigenvalue weighted by molar-refractivity contribution is -0.124. The summed E-state index contributed by atoms with van der Waals surface area (Å²) in [5.41, 5.74) is 3.80. The molecule has 4 nitrogen and oxygen atoms in total. The monoisotopic (exact) mass is 415 g/mol. The van der Waals surface area contributed by atoms with Crippen LogP contribution in [0.15, 0.2) is 42.5 Å². The lowest BCUT2D eigenvalue weighted by Crippen LogP contribution is -2.34. The first-order chi connectivity index (χ1) is 13.7. The molecule has 4 rings (SSSR count). The third kappa shape index (κ3) is 4.44. The highest BCUT2D eigenvalue weighted by molar-refractivity contribution is 8.19. The number of ether oxygens (including phenoxy) is 2. The molecular formula is C22H25NO3S2. The van der Waals surface area contributed by atoms with Crippen LogP contribution >= 0.6 is 23.5 Å². The summed E-state index contributed by atoms with van der Waals surface area (Å²) < 4.78 is 11.7. The number of fused-ring (bicyclic) bond motifs is 1. The van der Waals surface area contributed by atoms with Gasteiger partial charge in [0.15, 0.2) is 18.1 Å². The fourth-order valence-electron chi connectivity index (χ4n) is 3.78. The van der Waals surface area contributed by atoms with Gasteiger partial charge in [0, 0.05) is 11.5 Å². The Bertz CT molecular complexity index is 836. The van der Waals surface area contributed by atoms with Crippen molar-refractivity contribution in [3.63, 3.8) is 0 Å². The van der Waals surface area contributed by atoms with Gasteiger partial charge in [0.2, 0.25) is 0 Å². The second kappa shape index (κ2) is 9.14. The molecule has 0 aromatic heterocycles. The molecule has 1 aliphatic heterocycles. The van der Waals surface area contributed by atoms with Crippen LogP contribution in [0.1, 0.15) is 40.2 Å². The lowest BCUT2D eigenvalue weighted by Gasteiger charge is -2.26. The molecule has 1 fully saturated rings. The molecule has 6 heteroatoms. The van der Waals surface area contributed by atoms with Gasteiger partial charge in [-0.1, -0.05) is 30.3 Å². The minimum atomic E-state index is -0.102. The van der Waals surface area contributed by atoms with E-state index < -0.39 is 0 Å². The summed E-state index contributed by atoms with van der Waals surface area (Å²) in [6, 6.07) is 14.4. The van der Waals surface area contributed by atoms with Crippen LogP contribution in [0.5, 0.6) is 11.5 Å². The van der Waals surface area contributed by atoms with Crippen LogP contribution in [0, 0.1) is 0 Å². The van der Waals surface area contributed by atoms with Crippen molar-refractivity contribution in [2.24, 2.45) is 0 Å². The van der Waals surface area contributed by atoms with Gasteiger partial charge >= 0.3 is 0 Å². The zero-order chi connectivity index (χ0) is 19.3. The summed E-state index contributed by atoms with van der Waals surface area (Å²) in [6.45, 7) is -0.0126. The molecule has 0 saturated carbocycles. The normalized spacial score (nSPS) is 19.1. The highest BCUT2D eigenvalue weighted by Gasteiger charge is 2.22. The van der Waals surface area contributed by atoms with Gasteiger partial charge in [-0.25, -0.2) is 0 Å². The third-order valence-corrected chi connectivity index (χ3v) is 8.25. The highest BCUT2D eigenvalue weighted by Crippen LogP contribution is 2.46. The molecular weight excluding hydrogens is 390 g/mol. The zero-order valence-corrected chi connectivity index (χ0v) is 17.6. The van der Waals surface area contributed by atoms with Gasteiger partial charge < -0.3 is 14.8 Å². The Morgan fingerprint density at radius 3 is 2.79 bits per heavy atom. The predicted molar refractivity (Wildman–Crippen MR) is 116 cm³/mol. The fourth-order valence-corrected chi connectivity index (χ4v) is 6.62. The van der Waals surface area contributed by atoms with Crippen LogP contribution in [0.25, 0.3) is 0 Å². The summed E-state index contributed by atoms with van der Waals surface area (Å²) in [5.74, 6) is 3.55. The van der Waals surface area contributed by atoms with Gasteiger partial charge in [-0.2, -0.15) is 0 Å². The topological polar surface area (TPSA) is 47.6 Å². The van der Waals surface area contributed by atoms with E-state index in [1.807, 2.05) is 41.7 Å². The van der Waals surface area contributed by atoms with E-state index in [0.717, 1.165) is 19.3 Å². The number of carbonyl (C=O) groups is 1. The Morgan fingerprint density at radius 2 is 1.96 bits per heavy atom. The third-order valence-electron chi connectivity index (χ3n) is 5.15. The molecule has 0 bridgehead atoms. The maximum atomic E-state index is 12.5. The highest BCUT2D eigenvalue weighted by atomic mass is 32.2. The summed E-state index contributed by atoms with van der Waals surface area (Å²) in [6.07, 6.45) is 3.15. The van der Waals surface area contributed by atoms with Crippen LogP contribution in [-0.2, 0) is 11.2 Å². The fraction of sp³-hybridized carbons (Fsp3) is 0.409. The zero-order valence-electron chi connectivity index (χ0n) is 16.0. The Hall–Kier alpha value is -1.79. The second-order valence-electron chi connectivity index (χ2n) is 6.98. The van der Waals surface area contributed by atoms with E-state index in [1.54, 1.807) is 7.11 Å². The van der Waals surface area contributed by atoms with Gasteiger partial charge in [-0.15, -0.1) is 23.5 Å². The smallest absolute Gasteiger partial charge is 0.258 e. The average molecular weight is 416 g/mol. The maximum Gasteiger partial charge on any atom is 0.258 e. The number of rotatable bonds is 6. The van der Waals surface area contributed by atoms with E-state index >= 15 is 0 Å². The molecule has 1 N–H and O–H groups in total. The standard InChI is InChI=1S/C22H25NO3S2/c1-25-20-13-16(22-27-11-12-28-22)9-10-19(20)26-14-21(24)23-18-8-4-6-15-5-2-3-7-17(15)18/h2-3,5,7,9-10,13,18,22H,4,6,8,11-12,14H2,1H3,(H,23,24). The number of aryl methyl sites for hydroxylation is 1. The Labute approximate surface area is 174 Å². The van der Waals surface area contributed by atoms with Crippen molar-refractivity contribution < 1.29 is 14.3 Å². The minimum Gasteiger partial charge on any atom is -0.493 e. The van der Waals surface area contributed by atoms with Crippen molar-refractivity contribution >= 4 is 29.4 Å². The number of nitrogens with one attached hydrogen (secondary N) is 1.